The minimum atomic E-state index is -0.0309. The molecule has 1 aliphatic carbocycles. The van der Waals surface area contributed by atoms with E-state index >= 15 is 0 Å². The van der Waals surface area contributed by atoms with Crippen LogP contribution in [0.5, 0.6) is 0 Å². The van der Waals surface area contributed by atoms with Gasteiger partial charge >= 0.3 is 0 Å². The van der Waals surface area contributed by atoms with Gasteiger partial charge in [-0.1, -0.05) is 6.92 Å². The molecule has 3 atom stereocenters. The molecule has 1 saturated heterocycles. The zero-order chi connectivity index (χ0) is 12.4. The highest BCUT2D eigenvalue weighted by molar-refractivity contribution is 5.81. The van der Waals surface area contributed by atoms with Gasteiger partial charge < -0.3 is 11.1 Å². The molecule has 0 aromatic carbocycles. The van der Waals surface area contributed by atoms with E-state index in [9.17, 15) is 4.79 Å². The lowest BCUT2D eigenvalue weighted by Gasteiger charge is -2.41. The number of hydrogen-bond donors (Lipinski definition) is 2. The summed E-state index contributed by atoms with van der Waals surface area (Å²) in [6.45, 7) is 5.94. The smallest absolute Gasteiger partial charge is 0.237 e. The van der Waals surface area contributed by atoms with E-state index in [4.69, 9.17) is 5.73 Å². The van der Waals surface area contributed by atoms with Gasteiger partial charge in [0.25, 0.3) is 0 Å². The molecule has 0 aromatic heterocycles. The van der Waals surface area contributed by atoms with Crippen LogP contribution in [0.2, 0.25) is 0 Å². The summed E-state index contributed by atoms with van der Waals surface area (Å²) >= 11 is 0. The lowest BCUT2D eigenvalue weighted by atomic mass is 9.91. The van der Waals surface area contributed by atoms with Gasteiger partial charge in [-0.2, -0.15) is 0 Å². The number of likely N-dealkylation sites (tertiary alicyclic amines) is 1. The molecule has 3 unspecified atom stereocenters. The normalized spacial score (nSPS) is 32.2. The van der Waals surface area contributed by atoms with Crippen molar-refractivity contribution >= 4 is 5.91 Å². The summed E-state index contributed by atoms with van der Waals surface area (Å²) in [7, 11) is 0. The third kappa shape index (κ3) is 3.19. The summed E-state index contributed by atoms with van der Waals surface area (Å²) in [5.74, 6) is 0.916. The number of nitrogens with zero attached hydrogens (tertiary/aromatic N) is 1. The fourth-order valence-electron chi connectivity index (χ4n) is 2.71. The largest absolute Gasteiger partial charge is 0.352 e. The van der Waals surface area contributed by atoms with Gasteiger partial charge in [0.1, 0.15) is 0 Å². The van der Waals surface area contributed by atoms with Crippen molar-refractivity contribution in [2.75, 3.05) is 13.1 Å². The molecule has 1 saturated carbocycles. The number of rotatable bonds is 4. The Balaban J connectivity index is 1.91. The molecule has 3 N–H and O–H groups in total. The van der Waals surface area contributed by atoms with Crippen molar-refractivity contribution in [3.63, 3.8) is 0 Å². The first kappa shape index (κ1) is 12.8. The Hall–Kier alpha value is -0.610. The van der Waals surface area contributed by atoms with E-state index < -0.39 is 0 Å². The fourth-order valence-corrected chi connectivity index (χ4v) is 2.71. The van der Waals surface area contributed by atoms with Crippen LogP contribution >= 0.6 is 0 Å². The molecule has 1 heterocycles. The van der Waals surface area contributed by atoms with Gasteiger partial charge in [0.2, 0.25) is 5.91 Å². The first-order valence-corrected chi connectivity index (χ1v) is 6.88. The third-order valence-electron chi connectivity index (χ3n) is 4.10. The second kappa shape index (κ2) is 5.36. The molecule has 17 heavy (non-hydrogen) atoms. The van der Waals surface area contributed by atoms with Gasteiger partial charge in [-0.25, -0.2) is 0 Å². The maximum absolute atomic E-state index is 12.0. The van der Waals surface area contributed by atoms with Crippen LogP contribution in [0.1, 0.15) is 39.5 Å². The minimum absolute atomic E-state index is 0.0309. The zero-order valence-corrected chi connectivity index (χ0v) is 11.0. The van der Waals surface area contributed by atoms with Crippen LogP contribution in [0.25, 0.3) is 0 Å². The Kier molecular flexibility index (Phi) is 4.05. The zero-order valence-electron chi connectivity index (χ0n) is 11.0. The fraction of sp³-hybridized carbons (Fsp3) is 0.923. The summed E-state index contributed by atoms with van der Waals surface area (Å²) in [6.07, 6.45) is 4.60. The molecular formula is C13H25N3O. The van der Waals surface area contributed by atoms with Crippen LogP contribution in [-0.2, 0) is 4.79 Å². The average molecular weight is 239 g/mol. The predicted octanol–water partition coefficient (Wildman–Crippen LogP) is 0.713. The topological polar surface area (TPSA) is 58.4 Å². The highest BCUT2D eigenvalue weighted by atomic mass is 16.2. The molecule has 4 heteroatoms. The Morgan fingerprint density at radius 3 is 2.76 bits per heavy atom. The highest BCUT2D eigenvalue weighted by Gasteiger charge is 2.33. The van der Waals surface area contributed by atoms with Crippen LogP contribution < -0.4 is 11.1 Å². The lowest BCUT2D eigenvalue weighted by Crippen LogP contribution is -2.55. The van der Waals surface area contributed by atoms with Crippen molar-refractivity contribution in [3.8, 4) is 0 Å². The van der Waals surface area contributed by atoms with Gasteiger partial charge in [-0.3, -0.25) is 9.69 Å². The van der Waals surface area contributed by atoms with E-state index in [1.165, 1.54) is 6.42 Å². The van der Waals surface area contributed by atoms with Crippen LogP contribution in [0.3, 0.4) is 0 Å². The van der Waals surface area contributed by atoms with Crippen LogP contribution in [0, 0.1) is 5.92 Å². The van der Waals surface area contributed by atoms with Gasteiger partial charge in [0.05, 0.1) is 6.04 Å². The van der Waals surface area contributed by atoms with Crippen LogP contribution in [0.15, 0.2) is 0 Å². The van der Waals surface area contributed by atoms with E-state index in [-0.39, 0.29) is 11.9 Å². The summed E-state index contributed by atoms with van der Waals surface area (Å²) in [4.78, 5) is 14.3. The van der Waals surface area contributed by atoms with Crippen molar-refractivity contribution in [2.24, 2.45) is 11.7 Å². The van der Waals surface area contributed by atoms with Crippen molar-refractivity contribution in [1.29, 1.82) is 0 Å². The Bertz CT molecular complexity index is 278. The predicted molar refractivity (Wildman–Crippen MR) is 68.6 cm³/mol. The standard InChI is InChI=1S/C13H25N3O/c1-9-5-6-16(12(7-9)8-14)10(2)13(17)15-11-3-4-11/h9-12H,3-8,14H2,1-2H3,(H,15,17). The van der Waals surface area contributed by atoms with Crippen LogP contribution in [0.4, 0.5) is 0 Å². The van der Waals surface area contributed by atoms with Gasteiger partial charge in [0, 0.05) is 18.6 Å². The molecule has 4 nitrogen and oxygen atoms in total. The van der Waals surface area contributed by atoms with Gasteiger partial charge in [-0.15, -0.1) is 0 Å². The molecule has 2 aliphatic rings. The number of carbonyl (C=O) groups is 1. The monoisotopic (exact) mass is 239 g/mol. The second-order valence-electron chi connectivity index (χ2n) is 5.72. The second-order valence-corrected chi connectivity index (χ2v) is 5.72. The number of piperidine rings is 1. The third-order valence-corrected chi connectivity index (χ3v) is 4.10. The Morgan fingerprint density at radius 1 is 1.47 bits per heavy atom. The van der Waals surface area contributed by atoms with Crippen LogP contribution in [-0.4, -0.2) is 42.0 Å². The number of hydrogen-bond acceptors (Lipinski definition) is 3. The quantitative estimate of drug-likeness (QED) is 0.760. The summed E-state index contributed by atoms with van der Waals surface area (Å²) < 4.78 is 0. The van der Waals surface area contributed by atoms with E-state index in [1.807, 2.05) is 6.92 Å². The SMILES string of the molecule is CC1CCN(C(C)C(=O)NC2CC2)C(CN)C1. The molecular weight excluding hydrogens is 214 g/mol. The molecule has 0 bridgehead atoms. The van der Waals surface area contributed by atoms with Crippen molar-refractivity contribution in [2.45, 2.75) is 57.7 Å². The minimum Gasteiger partial charge on any atom is -0.352 e. The number of nitrogens with one attached hydrogen (secondary N) is 1. The first-order valence-electron chi connectivity index (χ1n) is 6.88. The molecule has 0 aromatic rings. The average Bonchev–Trinajstić information content (AvgIpc) is 3.11. The summed E-state index contributed by atoms with van der Waals surface area (Å²) in [5.41, 5.74) is 5.83. The van der Waals surface area contributed by atoms with E-state index in [1.54, 1.807) is 0 Å². The molecule has 0 spiro atoms. The van der Waals surface area contributed by atoms with Crippen molar-refractivity contribution in [3.05, 3.63) is 0 Å². The highest BCUT2D eigenvalue weighted by Crippen LogP contribution is 2.24. The van der Waals surface area contributed by atoms with Crippen molar-refractivity contribution in [1.82, 2.24) is 10.2 Å². The van der Waals surface area contributed by atoms with E-state index in [0.717, 1.165) is 31.7 Å². The number of amides is 1. The Morgan fingerprint density at radius 2 is 2.18 bits per heavy atom. The lowest BCUT2D eigenvalue weighted by molar-refractivity contribution is -0.127. The first-order chi connectivity index (χ1) is 8.11. The van der Waals surface area contributed by atoms with Crippen molar-refractivity contribution < 1.29 is 4.79 Å². The molecule has 2 fully saturated rings. The molecule has 2 rings (SSSR count). The van der Waals surface area contributed by atoms with Gasteiger partial charge in [0.15, 0.2) is 0 Å². The van der Waals surface area contributed by atoms with Gasteiger partial charge in [-0.05, 0) is 45.1 Å². The van der Waals surface area contributed by atoms with E-state index in [2.05, 4.69) is 17.1 Å². The summed E-state index contributed by atoms with van der Waals surface area (Å²) in [5, 5.41) is 3.09. The number of nitrogens with two attached hydrogens (primary N) is 1. The molecule has 1 aliphatic heterocycles. The maximum atomic E-state index is 12.0. The maximum Gasteiger partial charge on any atom is 0.237 e. The number of carbonyl (C=O) groups excluding carboxylic acids is 1. The van der Waals surface area contributed by atoms with E-state index in [0.29, 0.717) is 18.6 Å². The molecule has 0 radical (unpaired) electrons. The molecule has 1 amide bonds. The summed E-state index contributed by atoms with van der Waals surface area (Å²) in [6, 6.07) is 0.792. The Labute approximate surface area is 104 Å². The molecule has 98 valence electrons.